The molecule has 1 aromatic carbocycles. The number of nitrogens with zero attached hydrogens (tertiary/aromatic N) is 2. The van der Waals surface area contributed by atoms with Gasteiger partial charge in [0.15, 0.2) is 0 Å². The molecule has 0 aliphatic heterocycles. The second-order valence-corrected chi connectivity index (χ2v) is 4.84. The summed E-state index contributed by atoms with van der Waals surface area (Å²) < 4.78 is 2.17. The second-order valence-electron chi connectivity index (χ2n) is 4.84. The average molecular weight is 243 g/mol. The average Bonchev–Trinajstić information content (AvgIpc) is 2.71. The van der Waals surface area contributed by atoms with E-state index in [0.717, 1.165) is 23.8 Å². The Morgan fingerprint density at radius 1 is 1.28 bits per heavy atom. The van der Waals surface area contributed by atoms with Crippen LogP contribution in [-0.2, 0) is 6.42 Å². The third-order valence-electron chi connectivity index (χ3n) is 3.05. The molecule has 0 fully saturated rings. The predicted octanol–water partition coefficient (Wildman–Crippen LogP) is 4.08. The molecule has 0 amide bonds. The van der Waals surface area contributed by atoms with Crippen LogP contribution >= 0.6 is 0 Å². The van der Waals surface area contributed by atoms with E-state index in [1.165, 1.54) is 5.56 Å². The first-order chi connectivity index (χ1) is 8.61. The summed E-state index contributed by atoms with van der Waals surface area (Å²) in [5, 5.41) is 3.45. The summed E-state index contributed by atoms with van der Waals surface area (Å²) in [7, 11) is 0. The van der Waals surface area contributed by atoms with Gasteiger partial charge in [0.2, 0.25) is 5.95 Å². The minimum absolute atomic E-state index is 0.405. The van der Waals surface area contributed by atoms with Crippen molar-refractivity contribution in [3.8, 4) is 0 Å². The lowest BCUT2D eigenvalue weighted by Crippen LogP contribution is -2.06. The van der Waals surface area contributed by atoms with E-state index in [4.69, 9.17) is 0 Å². The molecule has 0 radical (unpaired) electrons. The Morgan fingerprint density at radius 2 is 2.00 bits per heavy atom. The molecule has 0 saturated heterocycles. The van der Waals surface area contributed by atoms with Gasteiger partial charge in [-0.25, -0.2) is 4.98 Å². The van der Waals surface area contributed by atoms with Crippen LogP contribution in [0.3, 0.4) is 0 Å². The first-order valence-corrected chi connectivity index (χ1v) is 6.52. The Labute approximate surface area is 109 Å². The van der Waals surface area contributed by atoms with Gasteiger partial charge < -0.3 is 9.88 Å². The number of hydrogen-bond acceptors (Lipinski definition) is 2. The number of aryl methyl sites for hydroxylation is 2. The molecule has 0 spiro atoms. The standard InChI is InChI=1S/C15H21N3/c1-5-13-8-6-7-9-14(13)17-15-16-12(4)10-18(15)11(2)3/h6-11H,5H2,1-4H3,(H,16,17). The van der Waals surface area contributed by atoms with Crippen LogP contribution in [0.4, 0.5) is 11.6 Å². The summed E-state index contributed by atoms with van der Waals surface area (Å²) in [5.41, 5.74) is 3.50. The maximum atomic E-state index is 4.55. The number of benzene rings is 1. The maximum absolute atomic E-state index is 4.55. The first-order valence-electron chi connectivity index (χ1n) is 6.52. The lowest BCUT2D eigenvalue weighted by Gasteiger charge is -2.14. The van der Waals surface area contributed by atoms with Gasteiger partial charge in [0.05, 0.1) is 5.69 Å². The van der Waals surface area contributed by atoms with Crippen molar-refractivity contribution in [1.82, 2.24) is 9.55 Å². The molecule has 3 nitrogen and oxygen atoms in total. The lowest BCUT2D eigenvalue weighted by atomic mass is 10.1. The van der Waals surface area contributed by atoms with E-state index in [1.807, 2.05) is 6.92 Å². The molecule has 0 saturated carbocycles. The van der Waals surface area contributed by atoms with E-state index in [-0.39, 0.29) is 0 Å². The summed E-state index contributed by atoms with van der Waals surface area (Å²) in [6.45, 7) is 8.52. The molecular weight excluding hydrogens is 222 g/mol. The van der Waals surface area contributed by atoms with E-state index < -0.39 is 0 Å². The SMILES string of the molecule is CCc1ccccc1Nc1nc(C)cn1C(C)C. The van der Waals surface area contributed by atoms with Gasteiger partial charge in [-0.05, 0) is 38.8 Å². The van der Waals surface area contributed by atoms with Crippen molar-refractivity contribution in [1.29, 1.82) is 0 Å². The van der Waals surface area contributed by atoms with E-state index >= 15 is 0 Å². The molecule has 0 aliphatic rings. The number of imidazole rings is 1. The molecule has 3 heteroatoms. The van der Waals surface area contributed by atoms with Gasteiger partial charge in [0.25, 0.3) is 0 Å². The number of nitrogens with one attached hydrogen (secondary N) is 1. The third-order valence-corrected chi connectivity index (χ3v) is 3.05. The zero-order valence-corrected chi connectivity index (χ0v) is 11.6. The fourth-order valence-corrected chi connectivity index (χ4v) is 2.07. The van der Waals surface area contributed by atoms with Crippen molar-refractivity contribution >= 4 is 11.6 Å². The molecule has 2 aromatic rings. The van der Waals surface area contributed by atoms with Crippen LogP contribution in [0, 0.1) is 6.92 Å². The van der Waals surface area contributed by atoms with Gasteiger partial charge in [-0.15, -0.1) is 0 Å². The van der Waals surface area contributed by atoms with Crippen molar-refractivity contribution < 1.29 is 0 Å². The molecule has 2 rings (SSSR count). The van der Waals surface area contributed by atoms with Crippen molar-refractivity contribution in [3.05, 3.63) is 41.7 Å². The van der Waals surface area contributed by atoms with Crippen molar-refractivity contribution in [2.24, 2.45) is 0 Å². The summed E-state index contributed by atoms with van der Waals surface area (Å²) >= 11 is 0. The summed E-state index contributed by atoms with van der Waals surface area (Å²) in [6.07, 6.45) is 3.10. The smallest absolute Gasteiger partial charge is 0.207 e. The fraction of sp³-hybridized carbons (Fsp3) is 0.400. The highest BCUT2D eigenvalue weighted by Gasteiger charge is 2.09. The largest absolute Gasteiger partial charge is 0.325 e. The Hall–Kier alpha value is -1.77. The molecule has 0 atom stereocenters. The number of rotatable bonds is 4. The molecule has 0 bridgehead atoms. The van der Waals surface area contributed by atoms with Crippen LogP contribution in [0.1, 0.15) is 38.1 Å². The van der Waals surface area contributed by atoms with Crippen molar-refractivity contribution in [3.63, 3.8) is 0 Å². The Bertz CT molecular complexity index is 526. The van der Waals surface area contributed by atoms with E-state index in [2.05, 4.69) is 66.1 Å². The van der Waals surface area contributed by atoms with Crippen LogP contribution in [0.25, 0.3) is 0 Å². The van der Waals surface area contributed by atoms with Gasteiger partial charge >= 0.3 is 0 Å². The third kappa shape index (κ3) is 2.55. The zero-order valence-electron chi connectivity index (χ0n) is 11.6. The topological polar surface area (TPSA) is 29.9 Å². The monoisotopic (exact) mass is 243 g/mol. The molecule has 1 N–H and O–H groups in total. The number of anilines is 2. The Kier molecular flexibility index (Phi) is 3.70. The van der Waals surface area contributed by atoms with Crippen LogP contribution in [0.5, 0.6) is 0 Å². The van der Waals surface area contributed by atoms with Crippen LogP contribution in [-0.4, -0.2) is 9.55 Å². The normalized spacial score (nSPS) is 10.9. The number of hydrogen-bond donors (Lipinski definition) is 1. The number of para-hydroxylation sites is 1. The molecule has 18 heavy (non-hydrogen) atoms. The molecule has 1 aromatic heterocycles. The summed E-state index contributed by atoms with van der Waals surface area (Å²) in [4.78, 5) is 4.55. The van der Waals surface area contributed by atoms with Crippen molar-refractivity contribution in [2.75, 3.05) is 5.32 Å². The Balaban J connectivity index is 2.33. The van der Waals surface area contributed by atoms with Crippen molar-refractivity contribution in [2.45, 2.75) is 40.2 Å². The van der Waals surface area contributed by atoms with Gasteiger partial charge in [0, 0.05) is 17.9 Å². The van der Waals surface area contributed by atoms with E-state index in [0.29, 0.717) is 6.04 Å². The summed E-state index contributed by atoms with van der Waals surface area (Å²) in [5.74, 6) is 0.920. The molecule has 0 aliphatic carbocycles. The molecular formula is C15H21N3. The van der Waals surface area contributed by atoms with E-state index in [9.17, 15) is 0 Å². The molecule has 0 unspecified atom stereocenters. The van der Waals surface area contributed by atoms with E-state index in [1.54, 1.807) is 0 Å². The van der Waals surface area contributed by atoms with Gasteiger partial charge in [-0.3, -0.25) is 0 Å². The van der Waals surface area contributed by atoms with Crippen LogP contribution in [0.15, 0.2) is 30.5 Å². The lowest BCUT2D eigenvalue weighted by molar-refractivity contribution is 0.607. The maximum Gasteiger partial charge on any atom is 0.207 e. The zero-order chi connectivity index (χ0) is 13.1. The van der Waals surface area contributed by atoms with Crippen LogP contribution < -0.4 is 5.32 Å². The Morgan fingerprint density at radius 3 is 2.67 bits per heavy atom. The predicted molar refractivity (Wildman–Crippen MR) is 76.5 cm³/mol. The highest BCUT2D eigenvalue weighted by atomic mass is 15.2. The number of aromatic nitrogens is 2. The van der Waals surface area contributed by atoms with Gasteiger partial charge in [-0.2, -0.15) is 0 Å². The minimum Gasteiger partial charge on any atom is -0.325 e. The summed E-state index contributed by atoms with van der Waals surface area (Å²) in [6, 6.07) is 8.79. The minimum atomic E-state index is 0.405. The fourth-order valence-electron chi connectivity index (χ4n) is 2.07. The van der Waals surface area contributed by atoms with Crippen LogP contribution in [0.2, 0.25) is 0 Å². The molecule has 1 heterocycles. The second kappa shape index (κ2) is 5.25. The highest BCUT2D eigenvalue weighted by Crippen LogP contribution is 2.23. The van der Waals surface area contributed by atoms with Gasteiger partial charge in [-0.1, -0.05) is 25.1 Å². The highest BCUT2D eigenvalue weighted by molar-refractivity contribution is 5.59. The first kappa shape index (κ1) is 12.7. The van der Waals surface area contributed by atoms with Gasteiger partial charge in [0.1, 0.15) is 0 Å². The molecule has 96 valence electrons. The quantitative estimate of drug-likeness (QED) is 0.877.